The lowest BCUT2D eigenvalue weighted by molar-refractivity contribution is -0.254. The molecule has 1 saturated carbocycles. The molecule has 1 aromatic rings. The van der Waals surface area contributed by atoms with Crippen LogP contribution in [0, 0.1) is 17.8 Å². The van der Waals surface area contributed by atoms with Crippen LogP contribution in [0.1, 0.15) is 89.0 Å². The van der Waals surface area contributed by atoms with Crippen molar-refractivity contribution in [1.29, 1.82) is 0 Å². The fourth-order valence-electron chi connectivity index (χ4n) is 9.15. The number of fused-ring (bicyclic) bond motifs is 2. The van der Waals surface area contributed by atoms with Crippen LogP contribution in [0.25, 0.3) is 0 Å². The molecule has 3 N–H and O–H groups in total. The van der Waals surface area contributed by atoms with Crippen molar-refractivity contribution in [2.45, 2.75) is 95.3 Å². The van der Waals surface area contributed by atoms with Gasteiger partial charge in [-0.15, -0.1) is 6.58 Å². The molecule has 6 atom stereocenters. The normalized spacial score (nSPS) is 26.3. The molecule has 298 valence electrons. The Labute approximate surface area is 321 Å². The van der Waals surface area contributed by atoms with Gasteiger partial charge in [-0.1, -0.05) is 49.7 Å². The van der Waals surface area contributed by atoms with Crippen molar-refractivity contribution in [2.75, 3.05) is 59.7 Å². The largest absolute Gasteiger partial charge is 0.490 e. The van der Waals surface area contributed by atoms with Crippen LogP contribution in [0.2, 0.25) is 0 Å². The first-order valence-corrected chi connectivity index (χ1v) is 20.0. The molecule has 0 radical (unpaired) electrons. The highest BCUT2D eigenvalue weighted by Crippen LogP contribution is 2.61. The van der Waals surface area contributed by atoms with Gasteiger partial charge in [-0.05, 0) is 80.6 Å². The summed E-state index contributed by atoms with van der Waals surface area (Å²) in [6.07, 6.45) is 13.8. The van der Waals surface area contributed by atoms with E-state index >= 15 is 0 Å². The van der Waals surface area contributed by atoms with E-state index in [-0.39, 0.29) is 55.4 Å². The number of aliphatic hydroxyl groups is 2. The van der Waals surface area contributed by atoms with Crippen molar-refractivity contribution < 1.29 is 38.9 Å². The molecule has 2 aliphatic heterocycles. The number of benzene rings is 1. The van der Waals surface area contributed by atoms with Crippen LogP contribution < -0.4 is 14.8 Å². The maximum atomic E-state index is 14.4. The number of urea groups is 1. The number of hydrogen-bond donors (Lipinski definition) is 3. The molecule has 0 spiro atoms. The minimum Gasteiger partial charge on any atom is -0.490 e. The van der Waals surface area contributed by atoms with Gasteiger partial charge in [-0.3, -0.25) is 4.79 Å². The minimum atomic E-state index is -1.31. The Hall–Kier alpha value is -3.87. The second-order valence-electron chi connectivity index (χ2n) is 14.8. The molecule has 12 heteroatoms. The fourth-order valence-corrected chi connectivity index (χ4v) is 9.15. The topological polar surface area (TPSA) is 142 Å². The lowest BCUT2D eigenvalue weighted by atomic mass is 9.55. The summed E-state index contributed by atoms with van der Waals surface area (Å²) in [5.41, 5.74) is 2.75. The second-order valence-corrected chi connectivity index (χ2v) is 14.8. The number of unbranched alkanes of at least 4 members (excludes halogenated alkanes) is 2. The molecule has 12 nitrogen and oxygen atoms in total. The van der Waals surface area contributed by atoms with Crippen LogP contribution in [0.3, 0.4) is 0 Å². The first kappa shape index (κ1) is 41.3. The van der Waals surface area contributed by atoms with Gasteiger partial charge in [0.1, 0.15) is 31.3 Å². The fraction of sp³-hybridized carbons (Fsp3) is 0.643. The summed E-state index contributed by atoms with van der Waals surface area (Å²) in [5.74, 6) is 0.00574. The highest BCUT2D eigenvalue weighted by atomic mass is 16.7. The van der Waals surface area contributed by atoms with Gasteiger partial charge in [0.25, 0.3) is 0 Å². The number of hydrogen-bond acceptors (Lipinski definition) is 9. The Morgan fingerprint density at radius 2 is 1.91 bits per heavy atom. The molecule has 5 rings (SSSR count). The van der Waals surface area contributed by atoms with Crippen LogP contribution in [-0.2, 0) is 14.4 Å². The summed E-state index contributed by atoms with van der Waals surface area (Å²) in [6.45, 7) is 12.9. The summed E-state index contributed by atoms with van der Waals surface area (Å²) in [5, 5.41) is 27.4. The van der Waals surface area contributed by atoms with Crippen molar-refractivity contribution in [3.8, 4) is 11.5 Å². The van der Waals surface area contributed by atoms with E-state index in [9.17, 15) is 19.8 Å². The average molecular weight is 751 g/mol. The van der Waals surface area contributed by atoms with Crippen LogP contribution in [0.15, 0.2) is 60.3 Å². The number of allylic oxidation sites excluding steroid dienone is 1. The van der Waals surface area contributed by atoms with E-state index in [4.69, 9.17) is 19.0 Å². The number of nitrogens with zero attached hydrogens (tertiary/aromatic N) is 3. The number of aliphatic hydroxyl groups excluding tert-OH is 2. The Balaban J connectivity index is 1.63. The predicted octanol–water partition coefficient (Wildman–Crippen LogP) is 5.95. The predicted molar refractivity (Wildman–Crippen MR) is 208 cm³/mol. The Bertz CT molecular complexity index is 1500. The molecule has 6 unspecified atom stereocenters. The first-order chi connectivity index (χ1) is 26.4. The van der Waals surface area contributed by atoms with Crippen LogP contribution in [0.5, 0.6) is 11.5 Å². The number of carbonyl (C=O) groups is 2. The van der Waals surface area contributed by atoms with Crippen molar-refractivity contribution >= 4 is 17.6 Å². The number of nitrogens with one attached hydrogen (secondary N) is 1. The highest BCUT2D eigenvalue weighted by molar-refractivity contribution is 6.03. The van der Waals surface area contributed by atoms with Crippen molar-refractivity contribution in [1.82, 2.24) is 15.1 Å². The molecule has 0 bridgehead atoms. The number of ether oxygens (including phenoxy) is 3. The van der Waals surface area contributed by atoms with Gasteiger partial charge in [0.15, 0.2) is 0 Å². The van der Waals surface area contributed by atoms with E-state index in [0.717, 1.165) is 55.5 Å². The van der Waals surface area contributed by atoms with Gasteiger partial charge in [0.2, 0.25) is 11.7 Å². The molecule has 4 aliphatic rings. The lowest BCUT2D eigenvalue weighted by Gasteiger charge is -2.60. The van der Waals surface area contributed by atoms with Crippen LogP contribution in [-0.4, -0.2) is 109 Å². The monoisotopic (exact) mass is 750 g/mol. The highest BCUT2D eigenvalue weighted by Gasteiger charge is 2.65. The molecule has 0 aromatic heterocycles. The van der Waals surface area contributed by atoms with E-state index in [2.05, 4.69) is 35.8 Å². The van der Waals surface area contributed by atoms with Gasteiger partial charge in [-0.25, -0.2) is 4.79 Å². The number of carbonyl (C=O) groups excluding carboxylic acids is 2. The first-order valence-electron chi connectivity index (χ1n) is 20.0. The number of likely N-dealkylation sites (tertiary alicyclic amines) is 1. The molecule has 3 amide bonds. The lowest BCUT2D eigenvalue weighted by Crippen LogP contribution is -2.70. The Kier molecular flexibility index (Phi) is 15.4. The number of amides is 3. The minimum absolute atomic E-state index is 0.116. The smallest absolute Gasteiger partial charge is 0.317 e. The zero-order valence-corrected chi connectivity index (χ0v) is 32.4. The van der Waals surface area contributed by atoms with Crippen molar-refractivity contribution in [2.24, 2.45) is 22.9 Å². The van der Waals surface area contributed by atoms with Gasteiger partial charge in [0.05, 0.1) is 18.2 Å². The molecule has 1 aromatic carbocycles. The third kappa shape index (κ3) is 9.14. The molecule has 54 heavy (non-hydrogen) atoms. The summed E-state index contributed by atoms with van der Waals surface area (Å²) >= 11 is 0. The molecule has 1 saturated heterocycles. The Morgan fingerprint density at radius 1 is 1.13 bits per heavy atom. The summed E-state index contributed by atoms with van der Waals surface area (Å²) < 4.78 is 20.3. The quantitative estimate of drug-likeness (QED) is 0.0751. The van der Waals surface area contributed by atoms with Crippen LogP contribution >= 0.6 is 0 Å². The Morgan fingerprint density at radius 3 is 2.59 bits per heavy atom. The molecular formula is C42H62N4O8. The zero-order chi connectivity index (χ0) is 38.5. The second kappa shape index (κ2) is 20.2. The van der Waals surface area contributed by atoms with E-state index < -0.39 is 11.8 Å². The third-order valence-corrected chi connectivity index (χ3v) is 11.4. The van der Waals surface area contributed by atoms with E-state index in [1.165, 1.54) is 0 Å². The van der Waals surface area contributed by atoms with Gasteiger partial charge in [-0.2, -0.15) is 0 Å². The van der Waals surface area contributed by atoms with Crippen molar-refractivity contribution in [3.05, 3.63) is 60.7 Å². The summed E-state index contributed by atoms with van der Waals surface area (Å²) in [4.78, 5) is 35.8. The molecular weight excluding hydrogens is 688 g/mol. The molecule has 2 heterocycles. The summed E-state index contributed by atoms with van der Waals surface area (Å²) in [7, 11) is 1.55. The van der Waals surface area contributed by atoms with Gasteiger partial charge >= 0.3 is 6.03 Å². The van der Waals surface area contributed by atoms with E-state index in [1.54, 1.807) is 19.3 Å². The van der Waals surface area contributed by atoms with E-state index in [0.29, 0.717) is 76.3 Å². The molecule has 2 fully saturated rings. The number of oxime groups is 1. The average Bonchev–Trinajstić information content (AvgIpc) is 3.59. The van der Waals surface area contributed by atoms with E-state index in [1.807, 2.05) is 28.9 Å². The summed E-state index contributed by atoms with van der Waals surface area (Å²) in [6, 6.07) is 5.11. The van der Waals surface area contributed by atoms with Gasteiger partial charge in [0, 0.05) is 63.7 Å². The molecule has 2 aliphatic carbocycles. The number of rotatable bonds is 22. The SMILES string of the molecule is C=CCOc1ccc2c(c1)C1C(CCCCO)C(CCCCO)C=C3C(=NOC)CC(N(CCC)C(=O)NCCCN4CCCC4=O)C(OCC=C)(O2)C31. The van der Waals surface area contributed by atoms with Gasteiger partial charge < -0.3 is 44.4 Å². The van der Waals surface area contributed by atoms with Crippen LogP contribution in [0.4, 0.5) is 4.79 Å². The zero-order valence-electron chi connectivity index (χ0n) is 32.4. The van der Waals surface area contributed by atoms with Crippen molar-refractivity contribution in [3.63, 3.8) is 0 Å². The maximum Gasteiger partial charge on any atom is 0.317 e. The maximum absolute atomic E-state index is 14.4. The third-order valence-electron chi connectivity index (χ3n) is 11.4. The standard InChI is InChI=1S/C42H62N4O8/c1-5-20-46(41(50)43-19-13-22-45-21-12-16-38(45)49)37-29-35(44-51-4)33-27-30(14-8-10-23-47)32(15-9-11-24-48)39-34-28-31(52-25-6-2)17-18-36(34)54-42(37,40(33)39)53-26-7-3/h6-7,17-18,27-28,30,32,37,39-40,47-48H,2-3,5,8-16,19-26,29H2,1,4H3,(H,43,50).